The van der Waals surface area contributed by atoms with Crippen molar-refractivity contribution in [1.82, 2.24) is 15.1 Å². The maximum Gasteiger partial charge on any atom is 0.237 e. The molecule has 5 heteroatoms. The molecule has 5 nitrogen and oxygen atoms in total. The van der Waals surface area contributed by atoms with Gasteiger partial charge >= 0.3 is 0 Å². The topological polar surface area (TPSA) is 52.7 Å². The van der Waals surface area contributed by atoms with E-state index in [1.165, 1.54) is 0 Å². The molecule has 1 aliphatic heterocycles. The van der Waals surface area contributed by atoms with E-state index in [2.05, 4.69) is 24.1 Å². The number of amides is 2. The Morgan fingerprint density at radius 1 is 1.10 bits per heavy atom. The molecule has 2 fully saturated rings. The molecule has 2 rings (SSSR count). The molecule has 2 aliphatic rings. The maximum absolute atomic E-state index is 12.4. The van der Waals surface area contributed by atoms with Gasteiger partial charge in [0.15, 0.2) is 0 Å². The normalized spacial score (nSPS) is 21.4. The maximum atomic E-state index is 12.4. The van der Waals surface area contributed by atoms with Crippen LogP contribution in [0.3, 0.4) is 0 Å². The summed E-state index contributed by atoms with van der Waals surface area (Å²) in [6.45, 7) is 9.21. The molecule has 0 spiro atoms. The molecule has 21 heavy (non-hydrogen) atoms. The Kier molecular flexibility index (Phi) is 5.62. The van der Waals surface area contributed by atoms with E-state index in [9.17, 15) is 9.59 Å². The number of nitrogens with zero attached hydrogens (tertiary/aromatic N) is 2. The van der Waals surface area contributed by atoms with Gasteiger partial charge in [-0.1, -0.05) is 13.8 Å². The van der Waals surface area contributed by atoms with Crippen molar-refractivity contribution in [3.8, 4) is 0 Å². The molecule has 1 saturated carbocycles. The van der Waals surface area contributed by atoms with Gasteiger partial charge in [-0.2, -0.15) is 0 Å². The first-order valence-electron chi connectivity index (χ1n) is 8.40. The van der Waals surface area contributed by atoms with E-state index in [4.69, 9.17) is 0 Å². The van der Waals surface area contributed by atoms with Gasteiger partial charge in [-0.25, -0.2) is 0 Å². The average Bonchev–Trinajstić information content (AvgIpc) is 3.31. The Morgan fingerprint density at radius 3 is 2.14 bits per heavy atom. The van der Waals surface area contributed by atoms with Crippen LogP contribution in [0.4, 0.5) is 0 Å². The van der Waals surface area contributed by atoms with Crippen molar-refractivity contribution in [3.63, 3.8) is 0 Å². The van der Waals surface area contributed by atoms with Gasteiger partial charge in [0.1, 0.15) is 0 Å². The van der Waals surface area contributed by atoms with Crippen molar-refractivity contribution in [1.29, 1.82) is 0 Å². The second-order valence-electron chi connectivity index (χ2n) is 6.33. The summed E-state index contributed by atoms with van der Waals surface area (Å²) < 4.78 is 0. The number of hydrogen-bond acceptors (Lipinski definition) is 3. The summed E-state index contributed by atoms with van der Waals surface area (Å²) in [5, 5.41) is 3.06. The van der Waals surface area contributed by atoms with Crippen molar-refractivity contribution in [2.75, 3.05) is 26.2 Å². The minimum Gasteiger partial charge on any atom is -0.352 e. The lowest BCUT2D eigenvalue weighted by molar-refractivity contribution is -0.138. The number of carbonyl (C=O) groups is 2. The molecule has 0 radical (unpaired) electrons. The largest absolute Gasteiger partial charge is 0.352 e. The second kappa shape index (κ2) is 7.25. The summed E-state index contributed by atoms with van der Waals surface area (Å²) in [6, 6.07) is 0.327. The molecule has 0 aromatic heterocycles. The molecule has 0 bridgehead atoms. The SMILES string of the molecule is CCC(CC)C(=O)N1CCN(C(C)C(=O)NC2CC2)CC1. The number of nitrogens with one attached hydrogen (secondary N) is 1. The van der Waals surface area contributed by atoms with Crippen LogP contribution in [0.15, 0.2) is 0 Å². The molecule has 120 valence electrons. The molecule has 2 amide bonds. The van der Waals surface area contributed by atoms with E-state index >= 15 is 0 Å². The number of rotatable bonds is 6. The highest BCUT2D eigenvalue weighted by Crippen LogP contribution is 2.19. The lowest BCUT2D eigenvalue weighted by Crippen LogP contribution is -2.55. The first kappa shape index (κ1) is 16.3. The van der Waals surface area contributed by atoms with Gasteiger partial charge in [0.25, 0.3) is 0 Å². The molecule has 1 atom stereocenters. The smallest absolute Gasteiger partial charge is 0.237 e. The lowest BCUT2D eigenvalue weighted by atomic mass is 10.0. The van der Waals surface area contributed by atoms with Crippen molar-refractivity contribution in [2.45, 2.75) is 58.5 Å². The van der Waals surface area contributed by atoms with Crippen LogP contribution in [0.5, 0.6) is 0 Å². The minimum atomic E-state index is -0.0870. The first-order chi connectivity index (χ1) is 10.1. The fourth-order valence-electron chi connectivity index (χ4n) is 2.94. The fraction of sp³-hybridized carbons (Fsp3) is 0.875. The van der Waals surface area contributed by atoms with Crippen molar-refractivity contribution in [3.05, 3.63) is 0 Å². The van der Waals surface area contributed by atoms with Gasteiger partial charge in [-0.05, 0) is 32.6 Å². The molecule has 1 N–H and O–H groups in total. The Bertz CT molecular complexity index is 370. The molecule has 1 aliphatic carbocycles. The molecule has 0 aromatic carbocycles. The Morgan fingerprint density at radius 2 is 1.67 bits per heavy atom. The van der Waals surface area contributed by atoms with Crippen LogP contribution < -0.4 is 5.32 Å². The number of hydrogen-bond donors (Lipinski definition) is 1. The van der Waals surface area contributed by atoms with Gasteiger partial charge in [0.2, 0.25) is 11.8 Å². The monoisotopic (exact) mass is 295 g/mol. The molecule has 0 aromatic rings. The standard InChI is InChI=1S/C16H29N3O2/c1-4-13(5-2)16(21)19-10-8-18(9-11-19)12(3)15(20)17-14-6-7-14/h12-14H,4-11H2,1-3H3,(H,17,20). The number of carbonyl (C=O) groups excluding carboxylic acids is 2. The zero-order valence-corrected chi connectivity index (χ0v) is 13.6. The predicted molar refractivity (Wildman–Crippen MR) is 82.9 cm³/mol. The Hall–Kier alpha value is -1.10. The summed E-state index contributed by atoms with van der Waals surface area (Å²) in [5.74, 6) is 0.583. The highest BCUT2D eigenvalue weighted by Gasteiger charge is 2.31. The van der Waals surface area contributed by atoms with E-state index < -0.39 is 0 Å². The quantitative estimate of drug-likeness (QED) is 0.802. The molecule has 1 saturated heterocycles. The van der Waals surface area contributed by atoms with E-state index in [1.54, 1.807) is 0 Å². The highest BCUT2D eigenvalue weighted by atomic mass is 16.2. The third kappa shape index (κ3) is 4.19. The Balaban J connectivity index is 1.79. The average molecular weight is 295 g/mol. The minimum absolute atomic E-state index is 0.0870. The summed E-state index contributed by atoms with van der Waals surface area (Å²) in [6.07, 6.45) is 4.07. The molecular formula is C16H29N3O2. The zero-order chi connectivity index (χ0) is 15.4. The van der Waals surface area contributed by atoms with Crippen LogP contribution in [0, 0.1) is 5.92 Å². The van der Waals surface area contributed by atoms with Gasteiger partial charge in [-0.15, -0.1) is 0 Å². The van der Waals surface area contributed by atoms with Crippen molar-refractivity contribution < 1.29 is 9.59 Å². The van der Waals surface area contributed by atoms with Gasteiger partial charge in [0, 0.05) is 38.1 Å². The molecular weight excluding hydrogens is 266 g/mol. The Labute approximate surface area is 128 Å². The van der Waals surface area contributed by atoms with Crippen LogP contribution in [-0.2, 0) is 9.59 Å². The van der Waals surface area contributed by atoms with Gasteiger partial charge in [-0.3, -0.25) is 14.5 Å². The molecule has 1 heterocycles. The number of piperazine rings is 1. The lowest BCUT2D eigenvalue weighted by Gasteiger charge is -2.38. The summed E-state index contributed by atoms with van der Waals surface area (Å²) >= 11 is 0. The van der Waals surface area contributed by atoms with Gasteiger partial charge < -0.3 is 10.2 Å². The van der Waals surface area contributed by atoms with Crippen LogP contribution in [0.25, 0.3) is 0 Å². The summed E-state index contributed by atoms with van der Waals surface area (Å²) in [4.78, 5) is 28.6. The van der Waals surface area contributed by atoms with Crippen LogP contribution >= 0.6 is 0 Å². The third-order valence-electron chi connectivity index (χ3n) is 4.81. The second-order valence-corrected chi connectivity index (χ2v) is 6.33. The predicted octanol–water partition coefficient (Wildman–Crippen LogP) is 1.23. The van der Waals surface area contributed by atoms with E-state index in [0.29, 0.717) is 6.04 Å². The fourth-order valence-corrected chi connectivity index (χ4v) is 2.94. The van der Waals surface area contributed by atoms with Crippen LogP contribution in [0.1, 0.15) is 46.5 Å². The van der Waals surface area contributed by atoms with Crippen LogP contribution in [0.2, 0.25) is 0 Å². The van der Waals surface area contributed by atoms with Gasteiger partial charge in [0.05, 0.1) is 6.04 Å². The van der Waals surface area contributed by atoms with E-state index in [0.717, 1.165) is 51.9 Å². The van der Waals surface area contributed by atoms with Crippen LogP contribution in [-0.4, -0.2) is 59.9 Å². The third-order valence-corrected chi connectivity index (χ3v) is 4.81. The van der Waals surface area contributed by atoms with E-state index in [-0.39, 0.29) is 23.8 Å². The molecule has 1 unspecified atom stereocenters. The van der Waals surface area contributed by atoms with Crippen molar-refractivity contribution in [2.24, 2.45) is 5.92 Å². The van der Waals surface area contributed by atoms with Crippen molar-refractivity contribution >= 4 is 11.8 Å². The summed E-state index contributed by atoms with van der Waals surface area (Å²) in [7, 11) is 0. The first-order valence-corrected chi connectivity index (χ1v) is 8.40. The summed E-state index contributed by atoms with van der Waals surface area (Å²) in [5.41, 5.74) is 0. The van der Waals surface area contributed by atoms with E-state index in [1.807, 2.05) is 11.8 Å². The zero-order valence-electron chi connectivity index (χ0n) is 13.6. The highest BCUT2D eigenvalue weighted by molar-refractivity contribution is 5.82.